The lowest BCUT2D eigenvalue weighted by atomic mass is 9.96. The summed E-state index contributed by atoms with van der Waals surface area (Å²) in [5.74, 6) is 0.820. The van der Waals surface area contributed by atoms with Gasteiger partial charge in [0.05, 0.1) is 7.11 Å². The van der Waals surface area contributed by atoms with E-state index in [9.17, 15) is 9.90 Å². The highest BCUT2D eigenvalue weighted by Gasteiger charge is 2.19. The van der Waals surface area contributed by atoms with Gasteiger partial charge in [0.25, 0.3) is 0 Å². The van der Waals surface area contributed by atoms with Crippen LogP contribution < -0.4 is 10.1 Å². The summed E-state index contributed by atoms with van der Waals surface area (Å²) in [6, 6.07) is 21.3. The van der Waals surface area contributed by atoms with E-state index in [1.807, 2.05) is 12.1 Å². The van der Waals surface area contributed by atoms with Crippen LogP contribution in [0, 0.1) is 0 Å². The molecule has 5 heteroatoms. The average Bonchev–Trinajstić information content (AvgIpc) is 2.82. The topological polar surface area (TPSA) is 61.8 Å². The quantitative estimate of drug-likeness (QED) is 0.560. The molecule has 1 atom stereocenters. The summed E-state index contributed by atoms with van der Waals surface area (Å²) in [4.78, 5) is 12.6. The van der Waals surface area contributed by atoms with Gasteiger partial charge in [-0.1, -0.05) is 54.6 Å². The predicted molar refractivity (Wildman–Crippen MR) is 124 cm³/mol. The molecule has 4 rings (SSSR count). The SMILES string of the molecule is COc1ccc(CN[C@H](C)c2cccc3ccccc23)cc1C1=CCN(C(=O)O)CC1. The molecule has 3 aromatic carbocycles. The molecular formula is C26H28N2O3. The van der Waals surface area contributed by atoms with Crippen molar-refractivity contribution in [2.75, 3.05) is 20.2 Å². The highest BCUT2D eigenvalue weighted by molar-refractivity contribution is 5.86. The molecular weight excluding hydrogens is 388 g/mol. The van der Waals surface area contributed by atoms with Crippen molar-refractivity contribution in [2.24, 2.45) is 0 Å². The van der Waals surface area contributed by atoms with Crippen molar-refractivity contribution < 1.29 is 14.6 Å². The van der Waals surface area contributed by atoms with E-state index < -0.39 is 6.09 Å². The smallest absolute Gasteiger partial charge is 0.407 e. The molecule has 1 amide bonds. The first kappa shape index (κ1) is 20.9. The fourth-order valence-corrected chi connectivity index (χ4v) is 4.21. The van der Waals surface area contributed by atoms with Gasteiger partial charge in [0.1, 0.15) is 5.75 Å². The molecule has 31 heavy (non-hydrogen) atoms. The van der Waals surface area contributed by atoms with Crippen LogP contribution in [0.1, 0.15) is 36.1 Å². The Morgan fingerprint density at radius 1 is 1.16 bits per heavy atom. The van der Waals surface area contributed by atoms with Crippen LogP contribution in [0.3, 0.4) is 0 Å². The van der Waals surface area contributed by atoms with Crippen LogP contribution in [0.5, 0.6) is 5.75 Å². The molecule has 160 valence electrons. The molecule has 3 aromatic rings. The number of carboxylic acid groups (broad SMARTS) is 1. The van der Waals surface area contributed by atoms with Crippen LogP contribution in [-0.4, -0.2) is 36.3 Å². The number of hydrogen-bond acceptors (Lipinski definition) is 3. The number of ether oxygens (including phenoxy) is 1. The van der Waals surface area contributed by atoms with Gasteiger partial charge < -0.3 is 20.1 Å². The summed E-state index contributed by atoms with van der Waals surface area (Å²) < 4.78 is 5.58. The Balaban J connectivity index is 1.52. The van der Waals surface area contributed by atoms with Gasteiger partial charge in [-0.2, -0.15) is 0 Å². The minimum Gasteiger partial charge on any atom is -0.496 e. The molecule has 1 aliphatic rings. The number of nitrogens with zero attached hydrogens (tertiary/aromatic N) is 1. The van der Waals surface area contributed by atoms with Crippen molar-refractivity contribution in [1.82, 2.24) is 10.2 Å². The Morgan fingerprint density at radius 3 is 2.71 bits per heavy atom. The zero-order valence-corrected chi connectivity index (χ0v) is 18.0. The summed E-state index contributed by atoms with van der Waals surface area (Å²) in [6.45, 7) is 3.84. The van der Waals surface area contributed by atoms with E-state index in [0.29, 0.717) is 19.5 Å². The molecule has 0 aromatic heterocycles. The number of nitrogens with one attached hydrogen (secondary N) is 1. The summed E-state index contributed by atoms with van der Waals surface area (Å²) in [7, 11) is 1.67. The zero-order valence-electron chi connectivity index (χ0n) is 18.0. The lowest BCUT2D eigenvalue weighted by Crippen LogP contribution is -2.33. The Kier molecular flexibility index (Phi) is 6.23. The van der Waals surface area contributed by atoms with E-state index in [1.165, 1.54) is 26.8 Å². The standard InChI is InChI=1S/C26H28N2O3/c1-18(22-9-5-7-20-6-3-4-8-23(20)22)27-17-19-10-11-25(31-2)24(16-19)21-12-14-28(15-13-21)26(29)30/h3-12,16,18,27H,13-15,17H2,1-2H3,(H,29,30)/t18-/m1/s1. The molecule has 1 aliphatic heterocycles. The molecule has 0 aliphatic carbocycles. The van der Waals surface area contributed by atoms with Gasteiger partial charge in [0.15, 0.2) is 0 Å². The maximum absolute atomic E-state index is 11.2. The number of hydrogen-bond donors (Lipinski definition) is 2. The average molecular weight is 417 g/mol. The number of fused-ring (bicyclic) bond motifs is 1. The van der Waals surface area contributed by atoms with Gasteiger partial charge in [-0.15, -0.1) is 0 Å². The highest BCUT2D eigenvalue weighted by Crippen LogP contribution is 2.32. The number of rotatable bonds is 6. The maximum atomic E-state index is 11.2. The summed E-state index contributed by atoms with van der Waals surface area (Å²) in [6.07, 6.45) is 1.81. The number of carbonyl (C=O) groups is 1. The van der Waals surface area contributed by atoms with Crippen LogP contribution in [0.15, 0.2) is 66.7 Å². The largest absolute Gasteiger partial charge is 0.496 e. The second kappa shape index (κ2) is 9.23. The van der Waals surface area contributed by atoms with Gasteiger partial charge >= 0.3 is 6.09 Å². The zero-order chi connectivity index (χ0) is 21.8. The molecule has 0 unspecified atom stereocenters. The van der Waals surface area contributed by atoms with Crippen LogP contribution in [0.4, 0.5) is 4.79 Å². The third-order valence-electron chi connectivity index (χ3n) is 5.99. The monoisotopic (exact) mass is 416 g/mol. The molecule has 0 bridgehead atoms. The lowest BCUT2D eigenvalue weighted by Gasteiger charge is -2.25. The van der Waals surface area contributed by atoms with Crippen molar-refractivity contribution in [3.63, 3.8) is 0 Å². The third-order valence-corrected chi connectivity index (χ3v) is 5.99. The lowest BCUT2D eigenvalue weighted by molar-refractivity contribution is 0.150. The van der Waals surface area contributed by atoms with Crippen molar-refractivity contribution in [3.8, 4) is 5.75 Å². The van der Waals surface area contributed by atoms with Crippen molar-refractivity contribution in [2.45, 2.75) is 25.9 Å². The van der Waals surface area contributed by atoms with Crippen LogP contribution >= 0.6 is 0 Å². The molecule has 0 radical (unpaired) electrons. The van der Waals surface area contributed by atoms with Crippen molar-refractivity contribution >= 4 is 22.4 Å². The number of benzene rings is 3. The van der Waals surface area contributed by atoms with Crippen LogP contribution in [0.25, 0.3) is 16.3 Å². The Labute approximate surface area is 183 Å². The van der Waals surface area contributed by atoms with Gasteiger partial charge in [-0.05, 0) is 52.9 Å². The van der Waals surface area contributed by atoms with Gasteiger partial charge in [-0.25, -0.2) is 4.79 Å². The van der Waals surface area contributed by atoms with E-state index in [-0.39, 0.29) is 6.04 Å². The summed E-state index contributed by atoms with van der Waals surface area (Å²) >= 11 is 0. The number of methoxy groups -OCH3 is 1. The van der Waals surface area contributed by atoms with E-state index >= 15 is 0 Å². The fourth-order valence-electron chi connectivity index (χ4n) is 4.21. The van der Waals surface area contributed by atoms with Crippen LogP contribution in [-0.2, 0) is 6.54 Å². The second-order valence-corrected chi connectivity index (χ2v) is 7.91. The molecule has 0 saturated carbocycles. The fraction of sp³-hybridized carbons (Fsp3) is 0.269. The Hall–Kier alpha value is -3.31. The molecule has 5 nitrogen and oxygen atoms in total. The first-order valence-electron chi connectivity index (χ1n) is 10.6. The molecule has 1 heterocycles. The Bertz CT molecular complexity index is 1120. The first-order valence-corrected chi connectivity index (χ1v) is 10.6. The van der Waals surface area contributed by atoms with Gasteiger partial charge in [0.2, 0.25) is 0 Å². The van der Waals surface area contributed by atoms with Crippen molar-refractivity contribution in [3.05, 3.63) is 83.4 Å². The Morgan fingerprint density at radius 2 is 1.97 bits per heavy atom. The predicted octanol–water partition coefficient (Wildman–Crippen LogP) is 5.47. The van der Waals surface area contributed by atoms with Gasteiger partial charge in [0, 0.05) is 31.2 Å². The second-order valence-electron chi connectivity index (χ2n) is 7.91. The molecule has 0 fully saturated rings. The first-order chi connectivity index (χ1) is 15.1. The molecule has 0 spiro atoms. The van der Waals surface area contributed by atoms with E-state index in [0.717, 1.165) is 23.4 Å². The molecule has 0 saturated heterocycles. The maximum Gasteiger partial charge on any atom is 0.407 e. The van der Waals surface area contributed by atoms with E-state index in [1.54, 1.807) is 7.11 Å². The van der Waals surface area contributed by atoms with Crippen LogP contribution in [0.2, 0.25) is 0 Å². The summed E-state index contributed by atoms with van der Waals surface area (Å²) in [5, 5.41) is 15.4. The van der Waals surface area contributed by atoms with E-state index in [4.69, 9.17) is 4.74 Å². The van der Waals surface area contributed by atoms with E-state index in [2.05, 4.69) is 66.8 Å². The minimum absolute atomic E-state index is 0.203. The van der Waals surface area contributed by atoms with Gasteiger partial charge in [-0.3, -0.25) is 0 Å². The highest BCUT2D eigenvalue weighted by atomic mass is 16.5. The normalized spacial score (nSPS) is 14.9. The summed E-state index contributed by atoms with van der Waals surface area (Å²) in [5.41, 5.74) is 4.64. The molecule has 2 N–H and O–H groups in total. The minimum atomic E-state index is -0.873. The number of amides is 1. The third kappa shape index (κ3) is 4.57. The van der Waals surface area contributed by atoms with Crippen molar-refractivity contribution in [1.29, 1.82) is 0 Å².